The highest BCUT2D eigenvalue weighted by atomic mass is 15.4. The summed E-state index contributed by atoms with van der Waals surface area (Å²) < 4.78 is 1.96. The Labute approximate surface area is 116 Å². The third-order valence-electron chi connectivity index (χ3n) is 3.68. The van der Waals surface area contributed by atoms with Crippen LogP contribution in [-0.4, -0.2) is 45.6 Å². The van der Waals surface area contributed by atoms with Gasteiger partial charge in [0.25, 0.3) is 0 Å². The standard InChI is InChI=1S/C14H27N5/c1-12(2)15-9-13-10-19(17-16-13)8-7-18-6-5-14(3,4)11-18/h10,12,15H,5-9,11H2,1-4H3. The summed E-state index contributed by atoms with van der Waals surface area (Å²) in [5, 5.41) is 11.7. The Bertz CT molecular complexity index is 396. The van der Waals surface area contributed by atoms with Crippen LogP contribution < -0.4 is 5.32 Å². The van der Waals surface area contributed by atoms with E-state index in [1.165, 1.54) is 19.5 Å². The number of aromatic nitrogens is 3. The van der Waals surface area contributed by atoms with Crippen molar-refractivity contribution in [1.82, 2.24) is 25.2 Å². The SMILES string of the molecule is CC(C)NCc1cn(CCN2CCC(C)(C)C2)nn1. The van der Waals surface area contributed by atoms with Crippen molar-refractivity contribution < 1.29 is 0 Å². The Kier molecular flexibility index (Phi) is 4.58. The predicted molar refractivity (Wildman–Crippen MR) is 76.8 cm³/mol. The number of hydrogen-bond acceptors (Lipinski definition) is 4. The molecule has 2 rings (SSSR count). The minimum Gasteiger partial charge on any atom is -0.309 e. The summed E-state index contributed by atoms with van der Waals surface area (Å²) in [6.45, 7) is 14.2. The van der Waals surface area contributed by atoms with Gasteiger partial charge in [0.2, 0.25) is 0 Å². The molecule has 5 nitrogen and oxygen atoms in total. The third-order valence-corrected chi connectivity index (χ3v) is 3.68. The van der Waals surface area contributed by atoms with Crippen LogP contribution in [0.25, 0.3) is 0 Å². The second-order valence-electron chi connectivity index (χ2n) is 6.70. The highest BCUT2D eigenvalue weighted by Crippen LogP contribution is 2.28. The van der Waals surface area contributed by atoms with Crippen molar-refractivity contribution in [3.8, 4) is 0 Å². The maximum atomic E-state index is 4.19. The number of hydrogen-bond donors (Lipinski definition) is 1. The minimum atomic E-state index is 0.481. The maximum Gasteiger partial charge on any atom is 0.0964 e. The number of nitrogens with one attached hydrogen (secondary N) is 1. The van der Waals surface area contributed by atoms with Crippen molar-refractivity contribution in [3.63, 3.8) is 0 Å². The van der Waals surface area contributed by atoms with Gasteiger partial charge in [0.05, 0.1) is 12.2 Å². The van der Waals surface area contributed by atoms with E-state index in [0.29, 0.717) is 11.5 Å². The van der Waals surface area contributed by atoms with Crippen LogP contribution in [0.5, 0.6) is 0 Å². The summed E-state index contributed by atoms with van der Waals surface area (Å²) in [6.07, 6.45) is 3.35. The van der Waals surface area contributed by atoms with Gasteiger partial charge < -0.3 is 10.2 Å². The molecule has 5 heteroatoms. The molecule has 0 spiro atoms. The van der Waals surface area contributed by atoms with Crippen molar-refractivity contribution in [1.29, 1.82) is 0 Å². The monoisotopic (exact) mass is 265 g/mol. The highest BCUT2D eigenvalue weighted by Gasteiger charge is 2.28. The molecule has 1 N–H and O–H groups in total. The first-order valence-corrected chi connectivity index (χ1v) is 7.29. The Morgan fingerprint density at radius 1 is 1.37 bits per heavy atom. The molecule has 0 aliphatic carbocycles. The summed E-state index contributed by atoms with van der Waals surface area (Å²) in [5.74, 6) is 0. The first-order valence-electron chi connectivity index (χ1n) is 7.29. The normalized spacial score (nSPS) is 19.4. The summed E-state index contributed by atoms with van der Waals surface area (Å²) in [7, 11) is 0. The number of nitrogens with zero attached hydrogens (tertiary/aromatic N) is 4. The van der Waals surface area contributed by atoms with Crippen molar-refractivity contribution >= 4 is 0 Å². The van der Waals surface area contributed by atoms with Gasteiger partial charge in [0, 0.05) is 31.9 Å². The van der Waals surface area contributed by atoms with Gasteiger partial charge in [-0.1, -0.05) is 32.9 Å². The van der Waals surface area contributed by atoms with E-state index >= 15 is 0 Å². The molecule has 108 valence electrons. The van der Waals surface area contributed by atoms with Gasteiger partial charge in [-0.15, -0.1) is 5.10 Å². The molecule has 1 saturated heterocycles. The molecule has 2 heterocycles. The smallest absolute Gasteiger partial charge is 0.0964 e. The van der Waals surface area contributed by atoms with Gasteiger partial charge in [-0.3, -0.25) is 4.68 Å². The van der Waals surface area contributed by atoms with Crippen LogP contribution in [0.4, 0.5) is 0 Å². The molecule has 0 unspecified atom stereocenters. The molecule has 1 aliphatic rings. The fraction of sp³-hybridized carbons (Fsp3) is 0.857. The van der Waals surface area contributed by atoms with E-state index in [9.17, 15) is 0 Å². The molecular formula is C14H27N5. The van der Waals surface area contributed by atoms with Crippen LogP contribution in [0.15, 0.2) is 6.20 Å². The van der Waals surface area contributed by atoms with Crippen molar-refractivity contribution in [2.24, 2.45) is 5.41 Å². The maximum absolute atomic E-state index is 4.19. The Morgan fingerprint density at radius 2 is 2.16 bits per heavy atom. The van der Waals surface area contributed by atoms with Gasteiger partial charge >= 0.3 is 0 Å². The summed E-state index contributed by atoms with van der Waals surface area (Å²) in [6, 6.07) is 0.483. The minimum absolute atomic E-state index is 0.481. The van der Waals surface area contributed by atoms with Crippen molar-refractivity contribution in [2.75, 3.05) is 19.6 Å². The van der Waals surface area contributed by atoms with Crippen LogP contribution >= 0.6 is 0 Å². The van der Waals surface area contributed by atoms with E-state index in [0.717, 1.165) is 25.3 Å². The molecule has 1 fully saturated rings. The molecule has 0 bridgehead atoms. The van der Waals surface area contributed by atoms with Crippen molar-refractivity contribution in [2.45, 2.75) is 53.2 Å². The van der Waals surface area contributed by atoms with Gasteiger partial charge in [-0.25, -0.2) is 0 Å². The molecule has 1 aliphatic heterocycles. The third kappa shape index (κ3) is 4.58. The Balaban J connectivity index is 1.74. The van der Waals surface area contributed by atoms with Crippen LogP contribution in [0, 0.1) is 5.41 Å². The second kappa shape index (κ2) is 6.01. The van der Waals surface area contributed by atoms with E-state index in [4.69, 9.17) is 0 Å². The first-order chi connectivity index (χ1) is 8.94. The molecule has 1 aromatic rings. The van der Waals surface area contributed by atoms with Crippen LogP contribution in [0.2, 0.25) is 0 Å². The number of rotatable bonds is 6. The Morgan fingerprint density at radius 3 is 2.79 bits per heavy atom. The Hall–Kier alpha value is -0.940. The lowest BCUT2D eigenvalue weighted by Crippen LogP contribution is -2.27. The van der Waals surface area contributed by atoms with E-state index in [1.807, 2.05) is 4.68 Å². The van der Waals surface area contributed by atoms with E-state index in [-0.39, 0.29) is 0 Å². The molecule has 0 aromatic carbocycles. The molecule has 19 heavy (non-hydrogen) atoms. The molecule has 0 radical (unpaired) electrons. The van der Waals surface area contributed by atoms with Gasteiger partial charge in [-0.05, 0) is 18.4 Å². The average molecular weight is 265 g/mol. The van der Waals surface area contributed by atoms with Crippen LogP contribution in [0.3, 0.4) is 0 Å². The van der Waals surface area contributed by atoms with E-state index in [1.54, 1.807) is 0 Å². The van der Waals surface area contributed by atoms with Crippen LogP contribution in [0.1, 0.15) is 39.8 Å². The van der Waals surface area contributed by atoms with E-state index < -0.39 is 0 Å². The fourth-order valence-electron chi connectivity index (χ4n) is 2.50. The average Bonchev–Trinajstić information content (AvgIpc) is 2.90. The molecule has 0 saturated carbocycles. The largest absolute Gasteiger partial charge is 0.309 e. The van der Waals surface area contributed by atoms with E-state index in [2.05, 4.69) is 54.4 Å². The quantitative estimate of drug-likeness (QED) is 0.847. The van der Waals surface area contributed by atoms with Gasteiger partial charge in [0.15, 0.2) is 0 Å². The summed E-state index contributed by atoms with van der Waals surface area (Å²) in [5.41, 5.74) is 1.50. The second-order valence-corrected chi connectivity index (χ2v) is 6.70. The molecule has 0 amide bonds. The van der Waals surface area contributed by atoms with Crippen LogP contribution in [-0.2, 0) is 13.1 Å². The zero-order chi connectivity index (χ0) is 13.9. The fourth-order valence-corrected chi connectivity index (χ4v) is 2.50. The predicted octanol–water partition coefficient (Wildman–Crippen LogP) is 1.51. The molecule has 1 aromatic heterocycles. The highest BCUT2D eigenvalue weighted by molar-refractivity contribution is 4.92. The number of likely N-dealkylation sites (tertiary alicyclic amines) is 1. The summed E-state index contributed by atoms with van der Waals surface area (Å²) >= 11 is 0. The lowest BCUT2D eigenvalue weighted by atomic mass is 9.93. The lowest BCUT2D eigenvalue weighted by Gasteiger charge is -2.19. The zero-order valence-corrected chi connectivity index (χ0v) is 12.7. The van der Waals surface area contributed by atoms with Gasteiger partial charge in [0.1, 0.15) is 0 Å². The lowest BCUT2D eigenvalue weighted by molar-refractivity contribution is 0.276. The first kappa shape index (κ1) is 14.5. The summed E-state index contributed by atoms with van der Waals surface area (Å²) in [4.78, 5) is 2.52. The van der Waals surface area contributed by atoms with Gasteiger partial charge in [-0.2, -0.15) is 0 Å². The molecule has 0 atom stereocenters. The zero-order valence-electron chi connectivity index (χ0n) is 12.7. The molecular weight excluding hydrogens is 238 g/mol. The topological polar surface area (TPSA) is 46.0 Å². The van der Waals surface area contributed by atoms with Crippen molar-refractivity contribution in [3.05, 3.63) is 11.9 Å².